The van der Waals surface area contributed by atoms with Gasteiger partial charge in [0.15, 0.2) is 28.2 Å². The summed E-state index contributed by atoms with van der Waals surface area (Å²) in [6, 6.07) is 13.4. The van der Waals surface area contributed by atoms with Crippen LogP contribution >= 0.6 is 12.2 Å². The molecule has 2 aliphatic rings. The van der Waals surface area contributed by atoms with Gasteiger partial charge in [0.1, 0.15) is 11.3 Å². The highest BCUT2D eigenvalue weighted by molar-refractivity contribution is 7.80. The summed E-state index contributed by atoms with van der Waals surface area (Å²) in [6.07, 6.45) is 2.43. The second kappa shape index (κ2) is 11.6. The molecule has 0 aliphatic carbocycles. The summed E-state index contributed by atoms with van der Waals surface area (Å²) in [6.45, 7) is 4.54. The molecular weight excluding hydrogens is 548 g/mol. The zero-order chi connectivity index (χ0) is 28.5. The summed E-state index contributed by atoms with van der Waals surface area (Å²) >= 11 is 5.99. The molecule has 4 aromatic rings. The van der Waals surface area contributed by atoms with Gasteiger partial charge in [-0.05, 0) is 30.3 Å². The van der Waals surface area contributed by atoms with Crippen molar-refractivity contribution in [3.05, 3.63) is 77.1 Å². The van der Waals surface area contributed by atoms with Crippen LogP contribution in [0.4, 0.5) is 20.2 Å². The van der Waals surface area contributed by atoms with E-state index >= 15 is 8.78 Å². The first-order valence-electron chi connectivity index (χ1n) is 13.5. The molecule has 214 valence electrons. The summed E-state index contributed by atoms with van der Waals surface area (Å²) in [5.74, 6) is -1.95. The van der Waals surface area contributed by atoms with Gasteiger partial charge >= 0.3 is 0 Å². The van der Waals surface area contributed by atoms with E-state index in [1.807, 2.05) is 23.1 Å². The van der Waals surface area contributed by atoms with Crippen molar-refractivity contribution < 1.29 is 23.0 Å². The fourth-order valence-electron chi connectivity index (χ4n) is 5.53. The summed E-state index contributed by atoms with van der Waals surface area (Å²) < 4.78 is 47.2. The Kier molecular flexibility index (Phi) is 7.74. The van der Waals surface area contributed by atoms with Crippen LogP contribution in [0.5, 0.6) is 11.5 Å². The third-order valence-corrected chi connectivity index (χ3v) is 8.05. The van der Waals surface area contributed by atoms with Gasteiger partial charge < -0.3 is 29.0 Å². The lowest BCUT2D eigenvalue weighted by Crippen LogP contribution is -2.48. The number of H-pyrrole nitrogens is 1. The van der Waals surface area contributed by atoms with E-state index in [1.165, 1.54) is 25.2 Å². The average Bonchev–Trinajstić information content (AvgIpc) is 3.41. The van der Waals surface area contributed by atoms with Gasteiger partial charge in [0, 0.05) is 55.1 Å². The predicted molar refractivity (Wildman–Crippen MR) is 158 cm³/mol. The van der Waals surface area contributed by atoms with Crippen LogP contribution in [-0.4, -0.2) is 67.0 Å². The SMILES string of the molecule is COc1cc(OC)c(F)c(N2Cc3cnc4[nH]c(CN5CCOCC5)cc4c3N(CCc3ccccc3)C2=S)c1F. The number of anilines is 2. The lowest BCUT2D eigenvalue weighted by Gasteiger charge is -2.40. The molecule has 0 amide bonds. The minimum atomic E-state index is -0.844. The number of pyridine rings is 1. The molecule has 0 bridgehead atoms. The van der Waals surface area contributed by atoms with E-state index in [0.717, 1.165) is 53.2 Å². The number of halogens is 2. The summed E-state index contributed by atoms with van der Waals surface area (Å²) in [5, 5.41) is 1.20. The maximum absolute atomic E-state index is 15.7. The van der Waals surface area contributed by atoms with Crippen LogP contribution in [0, 0.1) is 11.6 Å². The van der Waals surface area contributed by atoms with Crippen LogP contribution in [-0.2, 0) is 24.2 Å². The van der Waals surface area contributed by atoms with Crippen LogP contribution in [0.2, 0.25) is 0 Å². The number of ether oxygens (including phenoxy) is 3. The molecule has 0 saturated carbocycles. The van der Waals surface area contributed by atoms with E-state index in [9.17, 15) is 0 Å². The van der Waals surface area contributed by atoms with Crippen LogP contribution in [0.15, 0.2) is 48.7 Å². The molecule has 6 rings (SSSR count). The van der Waals surface area contributed by atoms with Crippen molar-refractivity contribution >= 4 is 39.7 Å². The number of benzene rings is 2. The Hall–Kier alpha value is -3.80. The summed E-state index contributed by atoms with van der Waals surface area (Å²) in [5.41, 5.74) is 4.29. The van der Waals surface area contributed by atoms with Crippen LogP contribution in [0.3, 0.4) is 0 Å². The molecule has 41 heavy (non-hydrogen) atoms. The summed E-state index contributed by atoms with van der Waals surface area (Å²) in [7, 11) is 2.66. The van der Waals surface area contributed by atoms with E-state index in [2.05, 4.69) is 28.1 Å². The number of hydrogen-bond acceptors (Lipinski definition) is 6. The molecule has 0 radical (unpaired) electrons. The molecule has 1 saturated heterocycles. The minimum Gasteiger partial charge on any atom is -0.493 e. The van der Waals surface area contributed by atoms with E-state index < -0.39 is 11.6 Å². The van der Waals surface area contributed by atoms with E-state index in [-0.39, 0.29) is 28.8 Å². The number of morpholine rings is 1. The standard InChI is InChI=1S/C30H31F2N5O3S/c1-38-23-15-24(39-2)26(32)28(25(23)31)37-17-20-16-33-29-22(14-21(34-29)18-35-10-12-40-13-11-35)27(20)36(30(37)41)9-8-19-6-4-3-5-7-19/h3-7,14-16H,8-13,17-18H2,1-2H3,(H,33,34). The van der Waals surface area contributed by atoms with Crippen LogP contribution < -0.4 is 19.3 Å². The monoisotopic (exact) mass is 579 g/mol. The maximum atomic E-state index is 15.7. The summed E-state index contributed by atoms with van der Waals surface area (Å²) in [4.78, 5) is 13.9. The fourth-order valence-corrected chi connectivity index (χ4v) is 5.87. The number of hydrogen-bond donors (Lipinski definition) is 1. The van der Waals surface area contributed by atoms with E-state index in [0.29, 0.717) is 26.2 Å². The predicted octanol–water partition coefficient (Wildman–Crippen LogP) is 5.04. The molecule has 11 heteroatoms. The zero-order valence-corrected chi connectivity index (χ0v) is 23.8. The third-order valence-electron chi connectivity index (χ3n) is 7.61. The van der Waals surface area contributed by atoms with Crippen molar-refractivity contribution in [2.45, 2.75) is 19.5 Å². The molecule has 2 aliphatic heterocycles. The van der Waals surface area contributed by atoms with Gasteiger partial charge in [-0.2, -0.15) is 0 Å². The van der Waals surface area contributed by atoms with Gasteiger partial charge in [-0.3, -0.25) is 4.90 Å². The van der Waals surface area contributed by atoms with Gasteiger partial charge in [-0.25, -0.2) is 13.8 Å². The average molecular weight is 580 g/mol. The smallest absolute Gasteiger partial charge is 0.192 e. The fraction of sp³-hybridized carbons (Fsp3) is 0.333. The normalized spacial score (nSPS) is 15.9. The number of nitrogens with one attached hydrogen (secondary N) is 1. The highest BCUT2D eigenvalue weighted by Crippen LogP contribution is 2.42. The van der Waals surface area contributed by atoms with Gasteiger partial charge in [0.2, 0.25) is 0 Å². The molecule has 2 aromatic heterocycles. The van der Waals surface area contributed by atoms with Gasteiger partial charge in [-0.1, -0.05) is 30.3 Å². The molecule has 0 unspecified atom stereocenters. The largest absolute Gasteiger partial charge is 0.493 e. The van der Waals surface area contributed by atoms with Crippen molar-refractivity contribution in [2.24, 2.45) is 0 Å². The first-order chi connectivity index (χ1) is 20.0. The first kappa shape index (κ1) is 27.4. The third kappa shape index (κ3) is 5.20. The number of fused-ring (bicyclic) bond motifs is 3. The minimum absolute atomic E-state index is 0.130. The number of thiocarbonyl (C=S) groups is 1. The topological polar surface area (TPSA) is 66.1 Å². The maximum Gasteiger partial charge on any atom is 0.192 e. The molecule has 4 heterocycles. The second-order valence-electron chi connectivity index (χ2n) is 10.1. The van der Waals surface area contributed by atoms with Gasteiger partial charge in [0.25, 0.3) is 0 Å². The number of aromatic nitrogens is 2. The number of aromatic amines is 1. The Morgan fingerprint density at radius 2 is 1.71 bits per heavy atom. The lowest BCUT2D eigenvalue weighted by atomic mass is 10.1. The molecule has 2 aromatic carbocycles. The highest BCUT2D eigenvalue weighted by Gasteiger charge is 2.35. The van der Waals surface area contributed by atoms with Crippen molar-refractivity contribution in [3.63, 3.8) is 0 Å². The number of methoxy groups -OCH3 is 2. The van der Waals surface area contributed by atoms with Crippen molar-refractivity contribution in [2.75, 3.05) is 56.9 Å². The Labute approximate surface area is 242 Å². The first-order valence-corrected chi connectivity index (χ1v) is 13.9. The van der Waals surface area contributed by atoms with Gasteiger partial charge in [-0.15, -0.1) is 0 Å². The molecule has 0 atom stereocenters. The molecular formula is C30H31F2N5O3S. The quantitative estimate of drug-likeness (QED) is 0.291. The van der Waals surface area contributed by atoms with Crippen LogP contribution in [0.1, 0.15) is 16.8 Å². The van der Waals surface area contributed by atoms with Crippen LogP contribution in [0.25, 0.3) is 11.0 Å². The Balaban J connectivity index is 1.44. The van der Waals surface area contributed by atoms with E-state index in [4.69, 9.17) is 31.4 Å². The Morgan fingerprint density at radius 1 is 1.00 bits per heavy atom. The second-order valence-corrected chi connectivity index (χ2v) is 10.5. The van der Waals surface area contributed by atoms with Crippen molar-refractivity contribution in [1.82, 2.24) is 14.9 Å². The molecule has 1 N–H and O–H groups in total. The van der Waals surface area contributed by atoms with Crippen molar-refractivity contribution in [3.8, 4) is 11.5 Å². The zero-order valence-electron chi connectivity index (χ0n) is 23.0. The Bertz CT molecular complexity index is 1550. The van der Waals surface area contributed by atoms with E-state index in [1.54, 1.807) is 6.20 Å². The Morgan fingerprint density at radius 3 is 2.39 bits per heavy atom. The lowest BCUT2D eigenvalue weighted by molar-refractivity contribution is 0.0337. The number of nitrogens with zero attached hydrogens (tertiary/aromatic N) is 4. The number of rotatable bonds is 8. The molecule has 1 fully saturated rings. The van der Waals surface area contributed by atoms with Gasteiger partial charge in [0.05, 0.1) is 39.7 Å². The van der Waals surface area contributed by atoms with Crippen molar-refractivity contribution in [1.29, 1.82) is 0 Å². The highest BCUT2D eigenvalue weighted by atomic mass is 32.1. The molecule has 8 nitrogen and oxygen atoms in total. The molecule has 0 spiro atoms.